The van der Waals surface area contributed by atoms with Crippen LogP contribution in [0.2, 0.25) is 0 Å². The molecular formula is C14H21NOS. The van der Waals surface area contributed by atoms with Gasteiger partial charge in [-0.3, -0.25) is 0 Å². The van der Waals surface area contributed by atoms with Gasteiger partial charge in [-0.1, -0.05) is 31.0 Å². The van der Waals surface area contributed by atoms with Crippen LogP contribution in [0.5, 0.6) is 0 Å². The summed E-state index contributed by atoms with van der Waals surface area (Å²) in [6.45, 7) is 0.973. The molecule has 0 saturated heterocycles. The number of aliphatic hydroxyl groups excluding tert-OH is 1. The van der Waals surface area contributed by atoms with E-state index in [-0.39, 0.29) is 6.10 Å². The molecule has 17 heavy (non-hydrogen) atoms. The van der Waals surface area contributed by atoms with Gasteiger partial charge < -0.3 is 10.4 Å². The molecule has 1 aliphatic carbocycles. The fraction of sp³-hybridized carbons (Fsp3) is 0.571. The Kier molecular flexibility index (Phi) is 5.36. The van der Waals surface area contributed by atoms with Crippen LogP contribution in [0.1, 0.15) is 25.7 Å². The van der Waals surface area contributed by atoms with Gasteiger partial charge in [-0.25, -0.2) is 0 Å². The minimum atomic E-state index is -0.134. The molecule has 2 atom stereocenters. The summed E-state index contributed by atoms with van der Waals surface area (Å²) in [5.41, 5.74) is 0. The summed E-state index contributed by atoms with van der Waals surface area (Å²) in [5, 5.41) is 13.3. The number of aliphatic hydroxyl groups is 1. The molecule has 0 aliphatic heterocycles. The molecule has 1 aromatic rings. The van der Waals surface area contributed by atoms with Crippen molar-refractivity contribution in [3.63, 3.8) is 0 Å². The van der Waals surface area contributed by atoms with Gasteiger partial charge >= 0.3 is 0 Å². The monoisotopic (exact) mass is 251 g/mol. The zero-order valence-corrected chi connectivity index (χ0v) is 11.0. The van der Waals surface area contributed by atoms with Crippen LogP contribution in [-0.4, -0.2) is 29.5 Å². The summed E-state index contributed by atoms with van der Waals surface area (Å²) >= 11 is 1.87. The van der Waals surface area contributed by atoms with Crippen molar-refractivity contribution in [1.82, 2.24) is 5.32 Å². The molecule has 3 heteroatoms. The van der Waals surface area contributed by atoms with E-state index in [0.29, 0.717) is 6.04 Å². The van der Waals surface area contributed by atoms with Crippen LogP contribution >= 0.6 is 11.8 Å². The topological polar surface area (TPSA) is 32.3 Å². The second-order valence-corrected chi connectivity index (χ2v) is 5.74. The molecule has 2 N–H and O–H groups in total. The highest BCUT2D eigenvalue weighted by molar-refractivity contribution is 7.99. The van der Waals surface area contributed by atoms with Crippen molar-refractivity contribution >= 4 is 11.8 Å². The molecule has 0 aromatic heterocycles. The Morgan fingerprint density at radius 1 is 1.18 bits per heavy atom. The van der Waals surface area contributed by atoms with Gasteiger partial charge in [0.2, 0.25) is 0 Å². The van der Waals surface area contributed by atoms with Gasteiger partial charge in [0.15, 0.2) is 0 Å². The number of hydrogen-bond acceptors (Lipinski definition) is 3. The highest BCUT2D eigenvalue weighted by Crippen LogP contribution is 2.19. The summed E-state index contributed by atoms with van der Waals surface area (Å²) in [7, 11) is 0. The lowest BCUT2D eigenvalue weighted by atomic mass is 9.93. The van der Waals surface area contributed by atoms with Gasteiger partial charge in [-0.05, 0) is 25.0 Å². The fourth-order valence-corrected chi connectivity index (χ4v) is 3.08. The summed E-state index contributed by atoms with van der Waals surface area (Å²) in [6.07, 6.45) is 4.38. The van der Waals surface area contributed by atoms with Gasteiger partial charge in [0.1, 0.15) is 0 Å². The molecule has 2 unspecified atom stereocenters. The van der Waals surface area contributed by atoms with E-state index in [2.05, 4.69) is 29.6 Å². The van der Waals surface area contributed by atoms with E-state index in [9.17, 15) is 5.11 Å². The van der Waals surface area contributed by atoms with Crippen LogP contribution in [0, 0.1) is 0 Å². The van der Waals surface area contributed by atoms with E-state index in [1.165, 1.54) is 17.7 Å². The Morgan fingerprint density at radius 3 is 2.71 bits per heavy atom. The Bertz CT molecular complexity index is 317. The Balaban J connectivity index is 1.63. The van der Waals surface area contributed by atoms with Crippen LogP contribution in [0.3, 0.4) is 0 Å². The molecule has 1 aliphatic rings. The fourth-order valence-electron chi connectivity index (χ4n) is 2.28. The largest absolute Gasteiger partial charge is 0.392 e. The van der Waals surface area contributed by atoms with Crippen LogP contribution in [-0.2, 0) is 0 Å². The van der Waals surface area contributed by atoms with Gasteiger partial charge in [0, 0.05) is 23.2 Å². The Morgan fingerprint density at radius 2 is 1.94 bits per heavy atom. The Hall–Kier alpha value is -0.510. The standard InChI is InChI=1S/C14H21NOS/c16-14-9-5-4-8-13(14)15-10-11-17-12-6-2-1-3-7-12/h1-3,6-7,13-16H,4-5,8-11H2. The highest BCUT2D eigenvalue weighted by atomic mass is 32.2. The van der Waals surface area contributed by atoms with Crippen molar-refractivity contribution in [3.8, 4) is 0 Å². The molecule has 0 radical (unpaired) electrons. The third-order valence-electron chi connectivity index (χ3n) is 3.25. The predicted octanol–water partition coefficient (Wildman–Crippen LogP) is 2.67. The summed E-state index contributed by atoms with van der Waals surface area (Å²) in [6, 6.07) is 10.8. The molecule has 2 nitrogen and oxygen atoms in total. The molecule has 0 bridgehead atoms. The van der Waals surface area contributed by atoms with Gasteiger partial charge in [-0.15, -0.1) is 11.8 Å². The molecule has 1 fully saturated rings. The number of nitrogens with one attached hydrogen (secondary N) is 1. The number of thioether (sulfide) groups is 1. The first-order valence-corrected chi connectivity index (χ1v) is 7.44. The van der Waals surface area contributed by atoms with Gasteiger partial charge in [0.25, 0.3) is 0 Å². The smallest absolute Gasteiger partial charge is 0.0693 e. The third kappa shape index (κ3) is 4.34. The van der Waals surface area contributed by atoms with Crippen LogP contribution < -0.4 is 5.32 Å². The number of hydrogen-bond donors (Lipinski definition) is 2. The second-order valence-electron chi connectivity index (χ2n) is 4.57. The second kappa shape index (κ2) is 7.04. The van der Waals surface area contributed by atoms with E-state index < -0.39 is 0 Å². The first kappa shape index (κ1) is 12.9. The summed E-state index contributed by atoms with van der Waals surface area (Å²) in [5.74, 6) is 1.06. The van der Waals surface area contributed by atoms with Crippen molar-refractivity contribution in [2.75, 3.05) is 12.3 Å². The molecule has 0 spiro atoms. The maximum Gasteiger partial charge on any atom is 0.0693 e. The summed E-state index contributed by atoms with van der Waals surface area (Å²) < 4.78 is 0. The van der Waals surface area contributed by atoms with Crippen molar-refractivity contribution in [3.05, 3.63) is 30.3 Å². The lowest BCUT2D eigenvalue weighted by molar-refractivity contribution is 0.0921. The maximum atomic E-state index is 9.82. The van der Waals surface area contributed by atoms with Crippen molar-refractivity contribution in [1.29, 1.82) is 0 Å². The average Bonchev–Trinajstić information content (AvgIpc) is 2.38. The normalized spacial score (nSPS) is 24.8. The van der Waals surface area contributed by atoms with Crippen LogP contribution in [0.4, 0.5) is 0 Å². The van der Waals surface area contributed by atoms with E-state index in [1.807, 2.05) is 17.8 Å². The van der Waals surface area contributed by atoms with Crippen LogP contribution in [0.25, 0.3) is 0 Å². The minimum Gasteiger partial charge on any atom is -0.392 e. The molecule has 2 rings (SSSR count). The van der Waals surface area contributed by atoms with Crippen molar-refractivity contribution in [2.45, 2.75) is 42.7 Å². The maximum absolute atomic E-state index is 9.82. The lowest BCUT2D eigenvalue weighted by Gasteiger charge is -2.28. The molecule has 94 valence electrons. The third-order valence-corrected chi connectivity index (χ3v) is 4.26. The van der Waals surface area contributed by atoms with Crippen LogP contribution in [0.15, 0.2) is 35.2 Å². The zero-order chi connectivity index (χ0) is 11.9. The quantitative estimate of drug-likeness (QED) is 0.623. The first-order valence-electron chi connectivity index (χ1n) is 6.45. The summed E-state index contributed by atoms with van der Waals surface area (Å²) in [4.78, 5) is 1.32. The van der Waals surface area contributed by atoms with Gasteiger partial charge in [-0.2, -0.15) is 0 Å². The van der Waals surface area contributed by atoms with E-state index >= 15 is 0 Å². The average molecular weight is 251 g/mol. The predicted molar refractivity (Wildman–Crippen MR) is 73.4 cm³/mol. The molecule has 1 saturated carbocycles. The van der Waals surface area contributed by atoms with E-state index in [4.69, 9.17) is 0 Å². The zero-order valence-electron chi connectivity index (χ0n) is 10.1. The minimum absolute atomic E-state index is 0.134. The molecule has 1 aromatic carbocycles. The SMILES string of the molecule is OC1CCCCC1NCCSc1ccccc1. The van der Waals surface area contributed by atoms with E-state index in [0.717, 1.165) is 25.1 Å². The molecular weight excluding hydrogens is 230 g/mol. The Labute approximate surface area is 108 Å². The van der Waals surface area contributed by atoms with E-state index in [1.54, 1.807) is 0 Å². The number of benzene rings is 1. The highest BCUT2D eigenvalue weighted by Gasteiger charge is 2.21. The lowest BCUT2D eigenvalue weighted by Crippen LogP contribution is -2.42. The van der Waals surface area contributed by atoms with Crippen molar-refractivity contribution in [2.24, 2.45) is 0 Å². The first-order chi connectivity index (χ1) is 8.36. The number of rotatable bonds is 5. The molecule has 0 amide bonds. The van der Waals surface area contributed by atoms with Gasteiger partial charge in [0.05, 0.1) is 6.10 Å². The van der Waals surface area contributed by atoms with Crippen molar-refractivity contribution < 1.29 is 5.11 Å². The molecule has 0 heterocycles.